The number of ether oxygens (including phenoxy) is 1. The molecule has 49 heavy (non-hydrogen) atoms. The third-order valence-electron chi connectivity index (χ3n) is 9.38. The van der Waals surface area contributed by atoms with Crippen molar-refractivity contribution in [1.82, 2.24) is 19.9 Å². The zero-order valence-electron chi connectivity index (χ0n) is 29.2. The molecule has 2 atom stereocenters. The molecule has 4 aromatic rings. The van der Waals surface area contributed by atoms with Crippen LogP contribution in [-0.4, -0.2) is 59.4 Å². The van der Waals surface area contributed by atoms with Crippen molar-refractivity contribution < 1.29 is 17.9 Å². The minimum atomic E-state index is -4.16. The van der Waals surface area contributed by atoms with Gasteiger partial charge in [0.1, 0.15) is 12.4 Å². The second-order valence-electron chi connectivity index (χ2n) is 14.5. The number of carbonyl (C=O) groups is 1. The van der Waals surface area contributed by atoms with Crippen molar-refractivity contribution in [1.29, 1.82) is 0 Å². The lowest BCUT2D eigenvalue weighted by Gasteiger charge is -2.34. The summed E-state index contributed by atoms with van der Waals surface area (Å²) in [6.45, 7) is 14.0. The predicted molar refractivity (Wildman–Crippen MR) is 192 cm³/mol. The van der Waals surface area contributed by atoms with Crippen molar-refractivity contribution in [3.8, 4) is 17.1 Å². The molecule has 4 bridgehead atoms. The lowest BCUT2D eigenvalue weighted by atomic mass is 9.88. The predicted octanol–water partition coefficient (Wildman–Crippen LogP) is 7.17. The Labute approximate surface area is 290 Å². The number of anilines is 2. The van der Waals surface area contributed by atoms with Gasteiger partial charge in [-0.15, -0.1) is 0 Å². The largest absolute Gasteiger partial charge is 0.475 e. The Morgan fingerprint density at radius 1 is 0.959 bits per heavy atom. The average molecular weight is 683 g/mol. The third-order valence-corrected chi connectivity index (χ3v) is 10.7. The molecule has 2 aliphatic heterocycles. The molecule has 0 spiro atoms. The molecule has 258 valence electrons. The fourth-order valence-electron chi connectivity index (χ4n) is 6.67. The van der Waals surface area contributed by atoms with E-state index in [4.69, 9.17) is 9.72 Å². The van der Waals surface area contributed by atoms with Crippen LogP contribution in [0.25, 0.3) is 11.3 Å². The number of nitrogens with one attached hydrogen (secondary N) is 1. The molecule has 10 nitrogen and oxygen atoms in total. The fraction of sp³-hybridized carbons (Fsp3) is 0.421. The van der Waals surface area contributed by atoms with Crippen LogP contribution in [0.15, 0.2) is 71.6 Å². The van der Waals surface area contributed by atoms with Crippen LogP contribution in [0.5, 0.6) is 5.88 Å². The van der Waals surface area contributed by atoms with Crippen molar-refractivity contribution in [3.63, 3.8) is 0 Å². The molecule has 2 aromatic carbocycles. The zero-order valence-corrected chi connectivity index (χ0v) is 30.0. The molecule has 0 unspecified atom stereocenters. The third kappa shape index (κ3) is 7.88. The van der Waals surface area contributed by atoms with Crippen LogP contribution in [0.2, 0.25) is 0 Å². The Morgan fingerprint density at radius 2 is 1.69 bits per heavy atom. The van der Waals surface area contributed by atoms with Crippen LogP contribution in [0.4, 0.5) is 11.8 Å². The van der Waals surface area contributed by atoms with E-state index in [1.54, 1.807) is 23.1 Å². The molecular formula is C38H46N6O4S. The molecular weight excluding hydrogens is 637 g/mol. The molecule has 1 saturated heterocycles. The van der Waals surface area contributed by atoms with Crippen LogP contribution in [0.1, 0.15) is 80.6 Å². The van der Waals surface area contributed by atoms with E-state index in [-0.39, 0.29) is 52.8 Å². The van der Waals surface area contributed by atoms with E-state index in [0.29, 0.717) is 18.2 Å². The summed E-state index contributed by atoms with van der Waals surface area (Å²) >= 11 is 0. The highest BCUT2D eigenvalue weighted by atomic mass is 32.2. The van der Waals surface area contributed by atoms with Crippen molar-refractivity contribution in [3.05, 3.63) is 89.1 Å². The number of rotatable bonds is 6. The van der Waals surface area contributed by atoms with Crippen molar-refractivity contribution >= 4 is 27.7 Å². The molecule has 1 fully saturated rings. The van der Waals surface area contributed by atoms with E-state index < -0.39 is 10.0 Å². The van der Waals surface area contributed by atoms with Crippen molar-refractivity contribution in [2.75, 3.05) is 22.8 Å². The van der Waals surface area contributed by atoms with Gasteiger partial charge in [0.05, 0.1) is 28.9 Å². The molecule has 0 radical (unpaired) electrons. The number of pyridine rings is 1. The minimum Gasteiger partial charge on any atom is -0.475 e. The van der Waals surface area contributed by atoms with E-state index in [0.717, 1.165) is 54.0 Å². The molecule has 0 aliphatic carbocycles. The Bertz CT molecular complexity index is 1940. The Kier molecular flexibility index (Phi) is 9.66. The number of aromatic nitrogens is 3. The number of fused-ring (bicyclic) bond motifs is 4. The molecule has 6 rings (SSSR count). The highest BCUT2D eigenvalue weighted by Gasteiger charge is 2.31. The van der Waals surface area contributed by atoms with Crippen LogP contribution >= 0.6 is 0 Å². The van der Waals surface area contributed by atoms with Crippen LogP contribution in [-0.2, 0) is 16.6 Å². The van der Waals surface area contributed by atoms with Gasteiger partial charge in [-0.05, 0) is 93.3 Å². The number of aryl methyl sites for hydroxylation is 2. The van der Waals surface area contributed by atoms with Crippen molar-refractivity contribution in [2.45, 2.75) is 90.7 Å². The summed E-state index contributed by atoms with van der Waals surface area (Å²) in [7, 11) is -4.16. The number of hydrogen-bond donors (Lipinski definition) is 1. The summed E-state index contributed by atoms with van der Waals surface area (Å²) in [5.41, 5.74) is 4.40. The van der Waals surface area contributed by atoms with Crippen LogP contribution in [0, 0.1) is 19.3 Å². The van der Waals surface area contributed by atoms with E-state index in [9.17, 15) is 13.2 Å². The van der Waals surface area contributed by atoms with Gasteiger partial charge in [0.15, 0.2) is 0 Å². The Balaban J connectivity index is 1.46. The van der Waals surface area contributed by atoms with Gasteiger partial charge < -0.3 is 14.5 Å². The normalized spacial score (nSPS) is 19.3. The average Bonchev–Trinajstić information content (AvgIpc) is 3.48. The highest BCUT2D eigenvalue weighted by molar-refractivity contribution is 7.92. The summed E-state index contributed by atoms with van der Waals surface area (Å²) in [6, 6.07) is 19.8. The second kappa shape index (κ2) is 13.8. The lowest BCUT2D eigenvalue weighted by molar-refractivity contribution is 0.0550. The summed E-state index contributed by atoms with van der Waals surface area (Å²) in [5.74, 6) is 0.712. The molecule has 0 saturated carbocycles. The maximum atomic E-state index is 14.5. The van der Waals surface area contributed by atoms with Gasteiger partial charge in [-0.1, -0.05) is 51.1 Å². The molecule has 1 N–H and O–H groups in total. The zero-order chi connectivity index (χ0) is 34.9. The number of benzene rings is 2. The topological polar surface area (TPSA) is 118 Å². The summed E-state index contributed by atoms with van der Waals surface area (Å²) in [6.07, 6.45) is 3.71. The smallest absolute Gasteiger partial charge is 0.264 e. The first-order chi connectivity index (χ1) is 23.3. The van der Waals surface area contributed by atoms with Gasteiger partial charge >= 0.3 is 0 Å². The van der Waals surface area contributed by atoms with Crippen LogP contribution in [0.3, 0.4) is 0 Å². The fourth-order valence-corrected chi connectivity index (χ4v) is 7.66. The minimum absolute atomic E-state index is 0.00449. The number of nitrogens with zero attached hydrogens (tertiary/aromatic N) is 5. The van der Waals surface area contributed by atoms with Gasteiger partial charge in [-0.3, -0.25) is 4.79 Å². The SMILES string of the molecule is Cc1cccc(C)c1-c1cc2nc(n1)NS(=O)(=O)c1cccc(c1)C(=O)N(Cc1cccc(N3CCC[C@H]3C)n1)[C@H](CCC(C)(C)C)CO2. The first-order valence-electron chi connectivity index (χ1n) is 17.0. The second-order valence-corrected chi connectivity index (χ2v) is 16.2. The van der Waals surface area contributed by atoms with Gasteiger partial charge in [0.2, 0.25) is 11.8 Å². The number of hydrogen-bond acceptors (Lipinski definition) is 8. The van der Waals surface area contributed by atoms with Gasteiger partial charge in [0.25, 0.3) is 15.9 Å². The number of amides is 1. The highest BCUT2D eigenvalue weighted by Crippen LogP contribution is 2.32. The van der Waals surface area contributed by atoms with Crippen LogP contribution < -0.4 is 14.4 Å². The van der Waals surface area contributed by atoms with E-state index >= 15 is 0 Å². The van der Waals surface area contributed by atoms with Gasteiger partial charge in [-0.2, -0.15) is 4.98 Å². The lowest BCUT2D eigenvalue weighted by Crippen LogP contribution is -2.44. The molecule has 11 heteroatoms. The van der Waals surface area contributed by atoms with Gasteiger partial charge in [0, 0.05) is 29.8 Å². The first-order valence-corrected chi connectivity index (χ1v) is 18.5. The summed E-state index contributed by atoms with van der Waals surface area (Å²) in [4.78, 5) is 32.7. The summed E-state index contributed by atoms with van der Waals surface area (Å²) in [5, 5.41) is 0. The quantitative estimate of drug-likeness (QED) is 0.227. The van der Waals surface area contributed by atoms with E-state index in [2.05, 4.69) is 47.3 Å². The van der Waals surface area contributed by atoms with E-state index in [1.807, 2.05) is 50.2 Å². The number of sulfonamides is 1. The molecule has 1 amide bonds. The monoisotopic (exact) mass is 682 g/mol. The Hall–Kier alpha value is -4.51. The summed E-state index contributed by atoms with van der Waals surface area (Å²) < 4.78 is 36.4. The first kappa shape index (κ1) is 34.4. The van der Waals surface area contributed by atoms with Crippen molar-refractivity contribution in [2.24, 2.45) is 5.41 Å². The maximum Gasteiger partial charge on any atom is 0.264 e. The van der Waals surface area contributed by atoms with E-state index in [1.165, 1.54) is 12.1 Å². The molecule has 2 aromatic heterocycles. The Morgan fingerprint density at radius 3 is 2.41 bits per heavy atom. The maximum absolute atomic E-state index is 14.5. The van der Waals surface area contributed by atoms with Gasteiger partial charge in [-0.25, -0.2) is 23.1 Å². The molecule has 4 heterocycles. The standard InChI is InChI=1S/C38H46N6O4S/c1-25-11-7-12-26(2)35(25)32-22-34-41-37(40-32)42-49(46,47)31-16-8-14-28(21-31)36(45)44(30(24-48-34)18-19-38(4,5)6)23-29-15-9-17-33(39-29)43-20-10-13-27(43)3/h7-9,11-12,14-17,21-22,27,30H,10,13,18-20,23-24H2,1-6H3,(H,40,41,42)/t27-,30-/m1/s1. The molecule has 2 aliphatic rings. The number of carbonyl (C=O) groups excluding carboxylic acids is 1.